The Kier molecular flexibility index (Phi) is 63.7. The molecule has 0 spiro atoms. The Morgan fingerprint density at radius 1 is 0.566 bits per heavy atom. The molecule has 0 radical (unpaired) electrons. The number of rotatable bonds is 15. The summed E-state index contributed by atoms with van der Waals surface area (Å²) in [6.07, 6.45) is 1.62. The van der Waals surface area contributed by atoms with Crippen molar-refractivity contribution in [1.82, 2.24) is 5.32 Å². The molecule has 0 fully saturated rings. The van der Waals surface area contributed by atoms with Crippen molar-refractivity contribution in [3.63, 3.8) is 0 Å². The Hall–Kier alpha value is -1.25. The summed E-state index contributed by atoms with van der Waals surface area (Å²) in [5.41, 5.74) is 6.35. The average Bonchev–Trinajstić information content (AvgIpc) is 3.24. The number of carbonyl (C=O) groups excluding carboxylic acids is 1. The zero-order chi connectivity index (χ0) is 43.3. The van der Waals surface area contributed by atoms with Crippen molar-refractivity contribution in [2.45, 2.75) is 24.9 Å². The summed E-state index contributed by atoms with van der Waals surface area (Å²) >= 11 is 4.33. The lowest BCUT2D eigenvalue weighted by Crippen LogP contribution is -2.43. The highest BCUT2D eigenvalue weighted by Crippen LogP contribution is 2.15. The lowest BCUT2D eigenvalue weighted by Gasteiger charge is -2.24. The van der Waals surface area contributed by atoms with Crippen LogP contribution in [0, 0.1) is 7.14 Å². The van der Waals surface area contributed by atoms with Gasteiger partial charge in [-0.15, -0.1) is 0 Å². The topological polar surface area (TPSA) is 269 Å². The van der Waals surface area contributed by atoms with E-state index in [0.29, 0.717) is 30.3 Å². The highest BCUT2D eigenvalue weighted by atomic mass is 127. The van der Waals surface area contributed by atoms with Gasteiger partial charge in [-0.1, -0.05) is 0 Å². The van der Waals surface area contributed by atoms with Gasteiger partial charge in [0.25, 0.3) is 5.91 Å². The van der Waals surface area contributed by atoms with Crippen molar-refractivity contribution in [2.24, 2.45) is 5.73 Å². The standard InChI is InChI=1S/C13H20INO4Si.C7H5IO2.C6H17NO3Si.6CH4O/c1-17-20(18-2,19-3)10-4-9-15-13(16)11-5-7-12(14)8-6-11;8-6-3-1-5(2-4-6)7(9)10;1-8-11(9-2,10-3)6-4-5-7;6*1-2/h5-8H,4,9-10H2,1-3H3,(H,15,16);1-4H,(H,9,10);4-7H2,1-3H3;6*2H,1H3. The molecule has 0 saturated carbocycles. The number of carboxylic acid groups (broad SMARTS) is 1. The molecule has 1 amide bonds. The van der Waals surface area contributed by atoms with Crippen LogP contribution >= 0.6 is 45.2 Å². The van der Waals surface area contributed by atoms with Gasteiger partial charge in [0.1, 0.15) is 0 Å². The van der Waals surface area contributed by atoms with E-state index in [0.717, 1.165) is 68.7 Å². The molecule has 21 heteroatoms. The number of nitrogens with one attached hydrogen (secondary N) is 1. The number of hydrogen-bond donors (Lipinski definition) is 9. The minimum absolute atomic E-state index is 0.0686. The third-order valence-corrected chi connectivity index (χ3v) is 12.8. The van der Waals surface area contributed by atoms with Crippen LogP contribution < -0.4 is 11.1 Å². The number of aliphatic hydroxyl groups is 6. The van der Waals surface area contributed by atoms with Crippen molar-refractivity contribution in [3.05, 3.63) is 66.8 Å². The fourth-order valence-corrected chi connectivity index (χ4v) is 7.42. The van der Waals surface area contributed by atoms with E-state index in [4.69, 9.17) is 68.0 Å². The maximum atomic E-state index is 11.9. The first-order valence-electron chi connectivity index (χ1n) is 15.2. The second-order valence-corrected chi connectivity index (χ2v) is 16.8. The van der Waals surface area contributed by atoms with Crippen molar-refractivity contribution in [3.8, 4) is 0 Å². The van der Waals surface area contributed by atoms with Crippen LogP contribution in [0.15, 0.2) is 48.5 Å². The monoisotopic (exact) mass is 1030 g/mol. The first kappa shape index (κ1) is 66.6. The fourth-order valence-electron chi connectivity index (χ4n) is 3.23. The predicted molar refractivity (Wildman–Crippen MR) is 228 cm³/mol. The summed E-state index contributed by atoms with van der Waals surface area (Å²) in [6.45, 7) is 1.21. The van der Waals surface area contributed by atoms with Gasteiger partial charge in [0.05, 0.1) is 5.56 Å². The summed E-state index contributed by atoms with van der Waals surface area (Å²) in [7, 11) is 10.7. The molecule has 0 saturated heterocycles. The van der Waals surface area contributed by atoms with E-state index >= 15 is 0 Å². The Labute approximate surface area is 345 Å². The molecule has 2 aromatic carbocycles. The minimum Gasteiger partial charge on any atom is -0.478 e. The third kappa shape index (κ3) is 36.2. The van der Waals surface area contributed by atoms with Gasteiger partial charge in [0, 0.05) is 117 Å². The van der Waals surface area contributed by atoms with E-state index in [1.807, 2.05) is 24.3 Å². The second-order valence-electron chi connectivity index (χ2n) is 8.16. The van der Waals surface area contributed by atoms with E-state index in [1.165, 1.54) is 0 Å². The molecule has 316 valence electrons. The Morgan fingerprint density at radius 2 is 0.849 bits per heavy atom. The Balaban J connectivity index is -0.000000110. The van der Waals surface area contributed by atoms with Gasteiger partial charge in [-0.2, -0.15) is 0 Å². The van der Waals surface area contributed by atoms with E-state index in [2.05, 4.69) is 50.5 Å². The summed E-state index contributed by atoms with van der Waals surface area (Å²) < 4.78 is 33.6. The molecule has 2 rings (SSSR count). The van der Waals surface area contributed by atoms with Crippen LogP contribution in [-0.4, -0.2) is 164 Å². The van der Waals surface area contributed by atoms with Crippen LogP contribution in [0.5, 0.6) is 0 Å². The molecule has 0 heterocycles. The summed E-state index contributed by atoms with van der Waals surface area (Å²) in [5.74, 6) is -0.947. The largest absolute Gasteiger partial charge is 0.500 e. The molecule has 0 aliphatic carbocycles. The first-order valence-corrected chi connectivity index (χ1v) is 21.3. The maximum Gasteiger partial charge on any atom is 0.500 e. The molecule has 2 aromatic rings. The van der Waals surface area contributed by atoms with Crippen molar-refractivity contribution in [2.75, 3.05) is 98.4 Å². The van der Waals surface area contributed by atoms with E-state index in [9.17, 15) is 9.59 Å². The summed E-state index contributed by atoms with van der Waals surface area (Å²) in [4.78, 5) is 22.2. The zero-order valence-electron chi connectivity index (χ0n) is 33.1. The minimum atomic E-state index is -2.53. The second kappa shape index (κ2) is 50.8. The van der Waals surface area contributed by atoms with Gasteiger partial charge in [-0.3, -0.25) is 4.79 Å². The quantitative estimate of drug-likeness (QED) is 0.0703. The number of nitrogens with two attached hydrogens (primary N) is 1. The van der Waals surface area contributed by atoms with E-state index < -0.39 is 23.6 Å². The average molecular weight is 1030 g/mol. The SMILES string of the molecule is CO.CO.CO.CO.CO.CO.CO[Si](CCCN)(OC)OC.CO[Si](CCCNC(=O)c1ccc(I)cc1)(OC)OC.O=C(O)c1ccc(I)cc1. The first-order chi connectivity index (χ1) is 25.5. The number of halogens is 2. The van der Waals surface area contributed by atoms with Crippen molar-refractivity contribution in [1.29, 1.82) is 0 Å². The lowest BCUT2D eigenvalue weighted by atomic mass is 10.2. The van der Waals surface area contributed by atoms with Gasteiger partial charge in [-0.05, 0) is 113 Å². The van der Waals surface area contributed by atoms with Crippen molar-refractivity contribution >= 4 is 74.7 Å². The van der Waals surface area contributed by atoms with E-state index in [1.54, 1.807) is 66.9 Å². The van der Waals surface area contributed by atoms with E-state index in [-0.39, 0.29) is 5.91 Å². The number of carbonyl (C=O) groups is 2. The van der Waals surface area contributed by atoms with Crippen LogP contribution in [0.2, 0.25) is 12.1 Å². The van der Waals surface area contributed by atoms with Gasteiger partial charge in [0.2, 0.25) is 0 Å². The zero-order valence-corrected chi connectivity index (χ0v) is 39.4. The number of amides is 1. The van der Waals surface area contributed by atoms with Crippen LogP contribution in [0.25, 0.3) is 0 Å². The molecule has 0 atom stereocenters. The van der Waals surface area contributed by atoms with Gasteiger partial charge < -0.3 is 73.4 Å². The molecule has 17 nitrogen and oxygen atoms in total. The maximum absolute atomic E-state index is 11.9. The molecule has 10 N–H and O–H groups in total. The van der Waals surface area contributed by atoms with Crippen LogP contribution in [0.4, 0.5) is 0 Å². The molecular formula is C32H66I2N2O15Si2. The van der Waals surface area contributed by atoms with Gasteiger partial charge >= 0.3 is 23.6 Å². The normalized spacial score (nSPS) is 9.23. The third-order valence-electron chi connectivity index (χ3n) is 5.70. The number of carboxylic acids is 1. The van der Waals surface area contributed by atoms with Crippen LogP contribution in [0.1, 0.15) is 33.6 Å². The number of hydrogen-bond acceptors (Lipinski definition) is 15. The molecule has 53 heavy (non-hydrogen) atoms. The molecule has 0 aromatic heterocycles. The van der Waals surface area contributed by atoms with Crippen LogP contribution in [0.3, 0.4) is 0 Å². The summed E-state index contributed by atoms with van der Waals surface area (Å²) in [5, 5.41) is 53.4. The molecule has 0 aliphatic rings. The number of aliphatic hydroxyl groups excluding tert-OH is 6. The lowest BCUT2D eigenvalue weighted by molar-refractivity contribution is 0.0696. The Morgan fingerprint density at radius 3 is 1.11 bits per heavy atom. The van der Waals surface area contributed by atoms with Gasteiger partial charge in [-0.25, -0.2) is 4.79 Å². The molecule has 0 aliphatic heterocycles. The van der Waals surface area contributed by atoms with Crippen molar-refractivity contribution < 1.29 is 71.9 Å². The smallest absolute Gasteiger partial charge is 0.478 e. The molecule has 0 bridgehead atoms. The Bertz CT molecular complexity index is 995. The predicted octanol–water partition coefficient (Wildman–Crippen LogP) is 2.14. The summed E-state index contributed by atoms with van der Waals surface area (Å²) in [6, 6.07) is 15.6. The molecule has 0 unspecified atom stereocenters. The highest BCUT2D eigenvalue weighted by molar-refractivity contribution is 14.1. The van der Waals surface area contributed by atoms with Gasteiger partial charge in [0.15, 0.2) is 0 Å². The van der Waals surface area contributed by atoms with Crippen LogP contribution in [-0.2, 0) is 26.6 Å². The molecular weight excluding hydrogens is 962 g/mol. The fraction of sp³-hybridized carbons (Fsp3) is 0.562. The number of aromatic carboxylic acids is 1. The highest BCUT2D eigenvalue weighted by Gasteiger charge is 2.37. The number of benzene rings is 2.